The second kappa shape index (κ2) is 4.08. The Kier molecular flexibility index (Phi) is 2.51. The molecule has 6 heteroatoms. The van der Waals surface area contributed by atoms with Crippen LogP contribution in [0, 0.1) is 5.82 Å². The number of benzene rings is 1. The van der Waals surface area contributed by atoms with Gasteiger partial charge in [0.15, 0.2) is 0 Å². The van der Waals surface area contributed by atoms with Gasteiger partial charge in [-0.25, -0.2) is 13.9 Å². The van der Waals surface area contributed by atoms with Crippen LogP contribution in [0.2, 0.25) is 0 Å². The van der Waals surface area contributed by atoms with Crippen LogP contribution in [0.3, 0.4) is 0 Å². The molecular weight excluding hydrogens is 249 g/mol. The van der Waals surface area contributed by atoms with Crippen LogP contribution in [-0.2, 0) is 0 Å². The van der Waals surface area contributed by atoms with Gasteiger partial charge in [-0.1, -0.05) is 0 Å². The fourth-order valence-electron chi connectivity index (χ4n) is 2.01. The van der Waals surface area contributed by atoms with Gasteiger partial charge in [-0.15, -0.1) is 0 Å². The molecule has 0 bridgehead atoms. The average molecular weight is 261 g/mol. The molecule has 1 aliphatic rings. The van der Waals surface area contributed by atoms with E-state index in [1.807, 2.05) is 6.07 Å². The number of aromatic carboxylic acids is 1. The Morgan fingerprint density at radius 1 is 1.47 bits per heavy atom. The molecule has 1 aromatic carbocycles. The topological polar surface area (TPSA) is 81.1 Å². The molecule has 1 saturated carbocycles. The van der Waals surface area contributed by atoms with Crippen LogP contribution in [0.15, 0.2) is 24.4 Å². The first-order valence-corrected chi connectivity index (χ1v) is 5.94. The number of aromatic nitrogens is 2. The van der Waals surface area contributed by atoms with Crippen LogP contribution in [0.5, 0.6) is 0 Å². The molecule has 3 rings (SSSR count). The highest BCUT2D eigenvalue weighted by molar-refractivity contribution is 5.90. The van der Waals surface area contributed by atoms with E-state index in [0.717, 1.165) is 30.7 Å². The van der Waals surface area contributed by atoms with Crippen molar-refractivity contribution in [3.8, 4) is 5.69 Å². The summed E-state index contributed by atoms with van der Waals surface area (Å²) < 4.78 is 15.2. The van der Waals surface area contributed by atoms with E-state index in [9.17, 15) is 9.18 Å². The Morgan fingerprint density at radius 3 is 2.84 bits per heavy atom. The van der Waals surface area contributed by atoms with Gasteiger partial charge in [0.2, 0.25) is 0 Å². The van der Waals surface area contributed by atoms with Crippen molar-refractivity contribution in [3.05, 3.63) is 41.5 Å². The van der Waals surface area contributed by atoms with Crippen LogP contribution in [0.25, 0.3) is 5.69 Å². The Morgan fingerprint density at radius 2 is 2.21 bits per heavy atom. The maximum Gasteiger partial charge on any atom is 0.338 e. The molecule has 3 N–H and O–H groups in total. The third-order valence-corrected chi connectivity index (χ3v) is 3.20. The molecule has 0 unspecified atom stereocenters. The zero-order valence-electron chi connectivity index (χ0n) is 10.0. The van der Waals surface area contributed by atoms with Gasteiger partial charge in [0.25, 0.3) is 0 Å². The summed E-state index contributed by atoms with van der Waals surface area (Å²) in [5.41, 5.74) is 6.84. The number of carboxylic acids is 1. The Labute approximate surface area is 108 Å². The lowest BCUT2D eigenvalue weighted by molar-refractivity contribution is 0.0692. The first kappa shape index (κ1) is 11.7. The van der Waals surface area contributed by atoms with E-state index in [2.05, 4.69) is 5.10 Å². The molecule has 0 saturated heterocycles. The van der Waals surface area contributed by atoms with Gasteiger partial charge in [0.05, 0.1) is 22.6 Å². The maximum atomic E-state index is 13.7. The molecule has 0 amide bonds. The van der Waals surface area contributed by atoms with E-state index >= 15 is 0 Å². The van der Waals surface area contributed by atoms with E-state index in [0.29, 0.717) is 11.6 Å². The van der Waals surface area contributed by atoms with Crippen LogP contribution in [0.4, 0.5) is 10.1 Å². The van der Waals surface area contributed by atoms with Gasteiger partial charge >= 0.3 is 5.97 Å². The standard InChI is InChI=1S/C13H12FN3O2/c14-9-6-12(10(15)5-8(9)13(18)19)17-4-3-11(16-17)7-1-2-7/h3-7H,1-2,15H2,(H,18,19). The van der Waals surface area contributed by atoms with E-state index in [-0.39, 0.29) is 5.69 Å². The summed E-state index contributed by atoms with van der Waals surface area (Å²) in [5.74, 6) is -1.67. The highest BCUT2D eigenvalue weighted by Gasteiger charge is 2.26. The number of nitrogens with two attached hydrogens (primary N) is 1. The molecular formula is C13H12FN3O2. The minimum atomic E-state index is -1.34. The van der Waals surface area contributed by atoms with Crippen molar-refractivity contribution in [2.24, 2.45) is 0 Å². The van der Waals surface area contributed by atoms with Crippen molar-refractivity contribution in [3.63, 3.8) is 0 Å². The second-order valence-electron chi connectivity index (χ2n) is 4.66. The predicted molar refractivity (Wildman–Crippen MR) is 66.9 cm³/mol. The molecule has 0 atom stereocenters. The summed E-state index contributed by atoms with van der Waals surface area (Å²) >= 11 is 0. The molecule has 1 aliphatic carbocycles. The van der Waals surface area contributed by atoms with E-state index < -0.39 is 17.3 Å². The fraction of sp³-hybridized carbons (Fsp3) is 0.231. The SMILES string of the molecule is Nc1cc(C(=O)O)c(F)cc1-n1ccc(C2CC2)n1. The first-order valence-electron chi connectivity index (χ1n) is 5.94. The monoisotopic (exact) mass is 261 g/mol. The van der Waals surface area contributed by atoms with Crippen molar-refractivity contribution >= 4 is 11.7 Å². The Bertz CT molecular complexity index is 662. The molecule has 0 radical (unpaired) electrons. The van der Waals surface area contributed by atoms with Crippen LogP contribution < -0.4 is 5.73 Å². The van der Waals surface area contributed by atoms with Gasteiger partial charge < -0.3 is 10.8 Å². The van der Waals surface area contributed by atoms with Gasteiger partial charge in [-0.3, -0.25) is 0 Å². The minimum absolute atomic E-state index is 0.184. The summed E-state index contributed by atoms with van der Waals surface area (Å²) in [4.78, 5) is 10.8. The average Bonchev–Trinajstić information content (AvgIpc) is 3.10. The van der Waals surface area contributed by atoms with E-state index in [1.54, 1.807) is 6.20 Å². The number of rotatable bonds is 3. The third kappa shape index (κ3) is 2.05. The maximum absolute atomic E-state index is 13.7. The van der Waals surface area contributed by atoms with Crippen LogP contribution >= 0.6 is 0 Å². The number of anilines is 1. The number of nitrogens with zero attached hydrogens (tertiary/aromatic N) is 2. The largest absolute Gasteiger partial charge is 0.478 e. The van der Waals surface area contributed by atoms with Gasteiger partial charge in [-0.05, 0) is 25.0 Å². The summed E-state index contributed by atoms with van der Waals surface area (Å²) in [6, 6.07) is 4.09. The molecule has 0 aliphatic heterocycles. The first-order chi connectivity index (χ1) is 9.06. The molecule has 1 aromatic heterocycles. The summed E-state index contributed by atoms with van der Waals surface area (Å²) in [6.45, 7) is 0. The predicted octanol–water partition coefficient (Wildman–Crippen LogP) is 2.17. The highest BCUT2D eigenvalue weighted by Crippen LogP contribution is 2.39. The second-order valence-corrected chi connectivity index (χ2v) is 4.66. The van der Waals surface area contributed by atoms with Gasteiger partial charge in [-0.2, -0.15) is 5.10 Å². The Hall–Kier alpha value is -2.37. The smallest absolute Gasteiger partial charge is 0.338 e. The molecule has 1 fully saturated rings. The highest BCUT2D eigenvalue weighted by atomic mass is 19.1. The van der Waals surface area contributed by atoms with Gasteiger partial charge in [0, 0.05) is 18.2 Å². The van der Waals surface area contributed by atoms with Crippen LogP contribution in [-0.4, -0.2) is 20.9 Å². The lowest BCUT2D eigenvalue weighted by Crippen LogP contribution is -2.07. The van der Waals surface area contributed by atoms with Crippen molar-refractivity contribution in [2.45, 2.75) is 18.8 Å². The fourth-order valence-corrected chi connectivity index (χ4v) is 2.01. The molecule has 5 nitrogen and oxygen atoms in total. The minimum Gasteiger partial charge on any atom is -0.478 e. The lowest BCUT2D eigenvalue weighted by Gasteiger charge is -2.07. The van der Waals surface area contributed by atoms with Crippen molar-refractivity contribution in [2.75, 3.05) is 5.73 Å². The normalized spacial score (nSPS) is 14.6. The zero-order valence-corrected chi connectivity index (χ0v) is 10.0. The number of carbonyl (C=O) groups is 1. The van der Waals surface area contributed by atoms with E-state index in [1.165, 1.54) is 4.68 Å². The van der Waals surface area contributed by atoms with Gasteiger partial charge in [0.1, 0.15) is 5.82 Å². The molecule has 19 heavy (non-hydrogen) atoms. The number of hydrogen-bond donors (Lipinski definition) is 2. The van der Waals surface area contributed by atoms with Crippen LogP contribution in [0.1, 0.15) is 34.8 Å². The summed E-state index contributed by atoms with van der Waals surface area (Å²) in [5, 5.41) is 13.2. The number of carboxylic acid groups (broad SMARTS) is 1. The van der Waals surface area contributed by atoms with Crippen molar-refractivity contribution < 1.29 is 14.3 Å². The molecule has 2 aromatic rings. The number of nitrogen functional groups attached to an aromatic ring is 1. The Balaban J connectivity index is 2.03. The molecule has 98 valence electrons. The zero-order chi connectivity index (χ0) is 13.6. The lowest BCUT2D eigenvalue weighted by atomic mass is 10.1. The van der Waals surface area contributed by atoms with E-state index in [4.69, 9.17) is 10.8 Å². The summed E-state index contributed by atoms with van der Waals surface area (Å²) in [7, 11) is 0. The third-order valence-electron chi connectivity index (χ3n) is 3.20. The molecule has 0 spiro atoms. The number of hydrogen-bond acceptors (Lipinski definition) is 3. The quantitative estimate of drug-likeness (QED) is 0.830. The van der Waals surface area contributed by atoms with Crippen molar-refractivity contribution in [1.82, 2.24) is 9.78 Å². The summed E-state index contributed by atoms with van der Waals surface area (Å²) in [6.07, 6.45) is 3.96. The van der Waals surface area contributed by atoms with Crippen molar-refractivity contribution in [1.29, 1.82) is 0 Å². The molecule has 1 heterocycles. The number of halogens is 1.